The molecular weight excluding hydrogens is 276 g/mol. The van der Waals surface area contributed by atoms with Gasteiger partial charge in [-0.15, -0.1) is 5.10 Å². The van der Waals surface area contributed by atoms with Crippen molar-refractivity contribution in [2.24, 2.45) is 7.05 Å². The Morgan fingerprint density at radius 3 is 2.72 bits per heavy atom. The molecule has 2 aromatic rings. The number of nitrogen functional groups attached to an aromatic ring is 1. The molecule has 96 valence electrons. The molecule has 8 heteroatoms. The van der Waals surface area contributed by atoms with Crippen molar-refractivity contribution in [3.8, 4) is 0 Å². The second-order valence-electron chi connectivity index (χ2n) is 3.82. The van der Waals surface area contributed by atoms with Crippen molar-refractivity contribution in [1.82, 2.24) is 15.0 Å². The number of benzene rings is 1. The van der Waals surface area contributed by atoms with Gasteiger partial charge in [-0.3, -0.25) is 4.68 Å². The second-order valence-corrected chi connectivity index (χ2v) is 6.22. The Hall–Kier alpha value is -1.60. The zero-order valence-corrected chi connectivity index (χ0v) is 11.1. The molecule has 2 rings (SSSR count). The molecule has 0 unspecified atom stereocenters. The van der Waals surface area contributed by atoms with Crippen LogP contribution in [0.1, 0.15) is 5.69 Å². The SMILES string of the molecule is Cn1cc(CS(=O)(=O)c2ccc(Cl)cc2N)nn1. The number of nitrogens with zero attached hydrogens (tertiary/aromatic N) is 3. The fraction of sp³-hybridized carbons (Fsp3) is 0.200. The van der Waals surface area contributed by atoms with Crippen molar-refractivity contribution in [2.45, 2.75) is 10.6 Å². The first kappa shape index (κ1) is 12.8. The van der Waals surface area contributed by atoms with Crippen molar-refractivity contribution in [2.75, 3.05) is 5.73 Å². The van der Waals surface area contributed by atoms with Gasteiger partial charge in [-0.1, -0.05) is 16.8 Å². The summed E-state index contributed by atoms with van der Waals surface area (Å²) in [6.45, 7) is 0. The summed E-state index contributed by atoms with van der Waals surface area (Å²) in [5, 5.41) is 7.82. The Bertz CT molecular complexity index is 681. The molecule has 0 saturated carbocycles. The Labute approximate surface area is 109 Å². The van der Waals surface area contributed by atoms with Crippen molar-refractivity contribution in [3.05, 3.63) is 35.1 Å². The summed E-state index contributed by atoms with van der Waals surface area (Å²) in [6.07, 6.45) is 1.55. The Morgan fingerprint density at radius 1 is 1.44 bits per heavy atom. The van der Waals surface area contributed by atoms with E-state index in [2.05, 4.69) is 10.3 Å². The molecule has 0 aliphatic rings. The van der Waals surface area contributed by atoms with Gasteiger partial charge in [0.15, 0.2) is 9.84 Å². The van der Waals surface area contributed by atoms with Crippen LogP contribution >= 0.6 is 11.6 Å². The maximum Gasteiger partial charge on any atom is 0.186 e. The first-order valence-electron chi connectivity index (χ1n) is 5.01. The number of aryl methyl sites for hydroxylation is 1. The number of anilines is 1. The van der Waals surface area contributed by atoms with Gasteiger partial charge in [0.05, 0.1) is 16.3 Å². The van der Waals surface area contributed by atoms with Crippen molar-refractivity contribution >= 4 is 27.1 Å². The van der Waals surface area contributed by atoms with Gasteiger partial charge in [0.1, 0.15) is 5.75 Å². The smallest absolute Gasteiger partial charge is 0.186 e. The Kier molecular flexibility index (Phi) is 3.27. The van der Waals surface area contributed by atoms with Crippen LogP contribution in [0.4, 0.5) is 5.69 Å². The van der Waals surface area contributed by atoms with Crippen molar-refractivity contribution in [1.29, 1.82) is 0 Å². The molecule has 0 aliphatic carbocycles. The molecule has 0 saturated heterocycles. The predicted molar refractivity (Wildman–Crippen MR) is 67.8 cm³/mol. The fourth-order valence-corrected chi connectivity index (χ4v) is 3.09. The van der Waals surface area contributed by atoms with Gasteiger partial charge in [0, 0.05) is 18.3 Å². The maximum atomic E-state index is 12.1. The quantitative estimate of drug-likeness (QED) is 0.851. The number of halogens is 1. The van der Waals surface area contributed by atoms with E-state index >= 15 is 0 Å². The van der Waals surface area contributed by atoms with Crippen LogP contribution in [0.5, 0.6) is 0 Å². The normalized spacial score (nSPS) is 11.7. The minimum Gasteiger partial charge on any atom is -0.398 e. The van der Waals surface area contributed by atoms with Gasteiger partial charge >= 0.3 is 0 Å². The summed E-state index contributed by atoms with van der Waals surface area (Å²) in [5.74, 6) is -0.243. The van der Waals surface area contributed by atoms with Gasteiger partial charge in [0.25, 0.3) is 0 Å². The van der Waals surface area contributed by atoms with E-state index in [0.717, 1.165) is 0 Å². The first-order valence-corrected chi connectivity index (χ1v) is 7.04. The molecule has 0 aliphatic heterocycles. The summed E-state index contributed by atoms with van der Waals surface area (Å²) in [7, 11) is -1.88. The van der Waals surface area contributed by atoms with Crippen molar-refractivity contribution in [3.63, 3.8) is 0 Å². The van der Waals surface area contributed by atoms with E-state index in [1.165, 1.54) is 22.9 Å². The molecule has 1 aromatic heterocycles. The number of sulfone groups is 1. The monoisotopic (exact) mass is 286 g/mol. The van der Waals surface area contributed by atoms with Crippen LogP contribution in [-0.2, 0) is 22.6 Å². The number of rotatable bonds is 3. The van der Waals surface area contributed by atoms with Gasteiger partial charge in [-0.05, 0) is 18.2 Å². The lowest BCUT2D eigenvalue weighted by Gasteiger charge is -2.06. The van der Waals surface area contributed by atoms with Crippen LogP contribution in [0.2, 0.25) is 5.02 Å². The van der Waals surface area contributed by atoms with E-state index in [9.17, 15) is 8.42 Å². The number of aromatic nitrogens is 3. The summed E-state index contributed by atoms with van der Waals surface area (Å²) in [4.78, 5) is 0.0533. The molecule has 0 atom stereocenters. The van der Waals surface area contributed by atoms with Crippen LogP contribution in [0.25, 0.3) is 0 Å². The van der Waals surface area contributed by atoms with Gasteiger partial charge in [-0.25, -0.2) is 8.42 Å². The highest BCUT2D eigenvalue weighted by atomic mass is 35.5. The summed E-state index contributed by atoms with van der Waals surface area (Å²) in [5.41, 5.74) is 6.16. The molecule has 1 heterocycles. The van der Waals surface area contributed by atoms with E-state index in [1.54, 1.807) is 13.2 Å². The summed E-state index contributed by atoms with van der Waals surface area (Å²) < 4.78 is 25.7. The van der Waals surface area contributed by atoms with Gasteiger partial charge in [0.2, 0.25) is 0 Å². The minimum absolute atomic E-state index is 0.0533. The minimum atomic E-state index is -3.55. The molecule has 18 heavy (non-hydrogen) atoms. The molecule has 1 aromatic carbocycles. The first-order chi connectivity index (χ1) is 8.38. The third-order valence-electron chi connectivity index (χ3n) is 2.29. The highest BCUT2D eigenvalue weighted by molar-refractivity contribution is 7.90. The molecule has 0 fully saturated rings. The van der Waals surface area contributed by atoms with Crippen LogP contribution in [0.3, 0.4) is 0 Å². The third kappa shape index (κ3) is 2.62. The Balaban J connectivity index is 2.36. The third-order valence-corrected chi connectivity index (χ3v) is 4.25. The molecule has 6 nitrogen and oxygen atoms in total. The van der Waals surface area contributed by atoms with Gasteiger partial charge < -0.3 is 5.73 Å². The highest BCUT2D eigenvalue weighted by Gasteiger charge is 2.20. The highest BCUT2D eigenvalue weighted by Crippen LogP contribution is 2.24. The van der Waals surface area contributed by atoms with Crippen molar-refractivity contribution < 1.29 is 8.42 Å². The van der Waals surface area contributed by atoms with E-state index in [1.807, 2.05) is 0 Å². The molecule has 0 spiro atoms. The summed E-state index contributed by atoms with van der Waals surface area (Å²) >= 11 is 5.73. The topological polar surface area (TPSA) is 90.9 Å². The largest absolute Gasteiger partial charge is 0.398 e. The molecule has 0 amide bonds. The molecule has 0 bridgehead atoms. The lowest BCUT2D eigenvalue weighted by Crippen LogP contribution is -2.08. The van der Waals surface area contributed by atoms with Crippen LogP contribution in [0.15, 0.2) is 29.3 Å². The molecular formula is C10H11ClN4O2S. The van der Waals surface area contributed by atoms with E-state index in [-0.39, 0.29) is 16.3 Å². The lowest BCUT2D eigenvalue weighted by molar-refractivity contribution is 0.595. The van der Waals surface area contributed by atoms with Crippen LogP contribution < -0.4 is 5.73 Å². The summed E-state index contributed by atoms with van der Waals surface area (Å²) in [6, 6.07) is 4.29. The van der Waals surface area contributed by atoms with Crippen LogP contribution in [-0.4, -0.2) is 23.4 Å². The average molecular weight is 287 g/mol. The van der Waals surface area contributed by atoms with E-state index < -0.39 is 9.84 Å². The Morgan fingerprint density at radius 2 is 2.17 bits per heavy atom. The zero-order valence-electron chi connectivity index (χ0n) is 9.54. The number of hydrogen-bond donors (Lipinski definition) is 1. The fourth-order valence-electron chi connectivity index (χ4n) is 1.54. The van der Waals surface area contributed by atoms with E-state index in [4.69, 9.17) is 17.3 Å². The second kappa shape index (κ2) is 4.58. The maximum absolute atomic E-state index is 12.1. The van der Waals surface area contributed by atoms with E-state index in [0.29, 0.717) is 10.7 Å². The zero-order chi connectivity index (χ0) is 13.3. The predicted octanol–water partition coefficient (Wildman–Crippen LogP) is 1.02. The standard InChI is InChI=1S/C10H11ClN4O2S/c1-15-5-8(13-14-15)6-18(16,17)10-3-2-7(11)4-9(10)12/h2-5H,6,12H2,1H3. The molecule has 0 radical (unpaired) electrons. The molecule has 2 N–H and O–H groups in total. The number of hydrogen-bond acceptors (Lipinski definition) is 5. The lowest BCUT2D eigenvalue weighted by atomic mass is 10.3. The van der Waals surface area contributed by atoms with Crippen LogP contribution in [0, 0.1) is 0 Å². The number of nitrogens with two attached hydrogens (primary N) is 1. The van der Waals surface area contributed by atoms with Gasteiger partial charge in [-0.2, -0.15) is 0 Å². The average Bonchev–Trinajstić information content (AvgIpc) is 2.62.